The average Bonchev–Trinajstić information content (AvgIpc) is 2.80. The van der Waals surface area contributed by atoms with Crippen molar-refractivity contribution in [1.29, 1.82) is 0 Å². The first-order valence-corrected chi connectivity index (χ1v) is 6.34. The SMILES string of the molecule is COc1ccc(Oc2ccc3c(ccn3C)c2)cc1N. The second-order valence-corrected chi connectivity index (χ2v) is 4.65. The van der Waals surface area contributed by atoms with E-state index in [1.807, 2.05) is 37.5 Å². The van der Waals surface area contributed by atoms with Gasteiger partial charge in [-0.2, -0.15) is 0 Å². The lowest BCUT2D eigenvalue weighted by atomic mass is 10.2. The molecule has 1 aromatic heterocycles. The van der Waals surface area contributed by atoms with E-state index in [1.54, 1.807) is 19.2 Å². The van der Waals surface area contributed by atoms with E-state index in [1.165, 1.54) is 5.52 Å². The number of aryl methyl sites for hydroxylation is 1. The third-order valence-corrected chi connectivity index (χ3v) is 3.29. The Labute approximate surface area is 117 Å². The molecular formula is C16H16N2O2. The first-order chi connectivity index (χ1) is 9.67. The van der Waals surface area contributed by atoms with Crippen molar-refractivity contribution >= 4 is 16.6 Å². The molecule has 0 fully saturated rings. The van der Waals surface area contributed by atoms with Crippen LogP contribution in [0.25, 0.3) is 10.9 Å². The number of nitrogen functional groups attached to an aromatic ring is 1. The zero-order valence-electron chi connectivity index (χ0n) is 11.5. The molecule has 2 aromatic carbocycles. The van der Waals surface area contributed by atoms with Gasteiger partial charge in [0, 0.05) is 30.2 Å². The minimum atomic E-state index is 0.561. The van der Waals surface area contributed by atoms with Crippen molar-refractivity contribution < 1.29 is 9.47 Å². The average molecular weight is 268 g/mol. The van der Waals surface area contributed by atoms with E-state index in [9.17, 15) is 0 Å². The summed E-state index contributed by atoms with van der Waals surface area (Å²) in [5, 5.41) is 1.14. The fourth-order valence-electron chi connectivity index (χ4n) is 2.24. The van der Waals surface area contributed by atoms with Gasteiger partial charge >= 0.3 is 0 Å². The highest BCUT2D eigenvalue weighted by Gasteiger charge is 2.04. The molecule has 0 aliphatic carbocycles. The Balaban J connectivity index is 1.90. The predicted molar refractivity (Wildman–Crippen MR) is 80.4 cm³/mol. The highest BCUT2D eigenvalue weighted by Crippen LogP contribution is 2.30. The number of rotatable bonds is 3. The second-order valence-electron chi connectivity index (χ2n) is 4.65. The molecule has 3 aromatic rings. The predicted octanol–water partition coefficient (Wildman–Crippen LogP) is 3.56. The topological polar surface area (TPSA) is 49.4 Å². The summed E-state index contributed by atoms with van der Waals surface area (Å²) in [6.45, 7) is 0. The molecular weight excluding hydrogens is 252 g/mol. The van der Waals surface area contributed by atoms with Crippen molar-refractivity contribution in [3.63, 3.8) is 0 Å². The Morgan fingerprint density at radius 1 is 1.00 bits per heavy atom. The van der Waals surface area contributed by atoms with E-state index in [-0.39, 0.29) is 0 Å². The first-order valence-electron chi connectivity index (χ1n) is 6.34. The number of fused-ring (bicyclic) bond motifs is 1. The van der Waals surface area contributed by atoms with Gasteiger partial charge in [0.05, 0.1) is 12.8 Å². The lowest BCUT2D eigenvalue weighted by Gasteiger charge is -2.09. The maximum atomic E-state index is 5.87. The summed E-state index contributed by atoms with van der Waals surface area (Å²) in [6, 6.07) is 13.4. The summed E-state index contributed by atoms with van der Waals surface area (Å²) < 4.78 is 13.0. The zero-order chi connectivity index (χ0) is 14.1. The molecule has 1 heterocycles. The number of benzene rings is 2. The molecule has 0 bridgehead atoms. The summed E-state index contributed by atoms with van der Waals surface area (Å²) in [7, 11) is 3.61. The lowest BCUT2D eigenvalue weighted by Crippen LogP contribution is -1.93. The molecule has 2 N–H and O–H groups in total. The number of nitrogens with two attached hydrogens (primary N) is 1. The third kappa shape index (κ3) is 2.16. The minimum Gasteiger partial charge on any atom is -0.495 e. The quantitative estimate of drug-likeness (QED) is 0.739. The van der Waals surface area contributed by atoms with Crippen molar-refractivity contribution in [2.24, 2.45) is 7.05 Å². The van der Waals surface area contributed by atoms with Crippen LogP contribution < -0.4 is 15.2 Å². The Kier molecular flexibility index (Phi) is 2.99. The van der Waals surface area contributed by atoms with Crippen LogP contribution in [0, 0.1) is 0 Å². The molecule has 20 heavy (non-hydrogen) atoms. The molecule has 0 aliphatic heterocycles. The molecule has 0 saturated carbocycles. The Morgan fingerprint density at radius 2 is 1.75 bits per heavy atom. The number of hydrogen-bond acceptors (Lipinski definition) is 3. The Bertz CT molecular complexity index is 762. The Morgan fingerprint density at radius 3 is 2.50 bits per heavy atom. The van der Waals surface area contributed by atoms with Crippen molar-refractivity contribution in [2.75, 3.05) is 12.8 Å². The van der Waals surface area contributed by atoms with E-state index in [0.29, 0.717) is 17.2 Å². The maximum absolute atomic E-state index is 5.87. The summed E-state index contributed by atoms with van der Waals surface area (Å²) >= 11 is 0. The number of anilines is 1. The normalized spacial score (nSPS) is 10.7. The molecule has 4 heteroatoms. The number of methoxy groups -OCH3 is 1. The molecule has 0 amide bonds. The van der Waals surface area contributed by atoms with Crippen LogP contribution in [0.2, 0.25) is 0 Å². The lowest BCUT2D eigenvalue weighted by molar-refractivity contribution is 0.415. The summed E-state index contributed by atoms with van der Waals surface area (Å²) in [5.74, 6) is 2.13. The van der Waals surface area contributed by atoms with Gasteiger partial charge in [-0.25, -0.2) is 0 Å². The molecule has 0 aliphatic rings. The van der Waals surface area contributed by atoms with Gasteiger partial charge in [-0.15, -0.1) is 0 Å². The second kappa shape index (κ2) is 4.81. The van der Waals surface area contributed by atoms with Crippen LogP contribution in [0.5, 0.6) is 17.2 Å². The molecule has 0 atom stereocenters. The fraction of sp³-hybridized carbons (Fsp3) is 0.125. The van der Waals surface area contributed by atoms with Gasteiger partial charge in [-0.05, 0) is 36.4 Å². The monoisotopic (exact) mass is 268 g/mol. The smallest absolute Gasteiger partial charge is 0.142 e. The van der Waals surface area contributed by atoms with Crippen molar-refractivity contribution in [3.05, 3.63) is 48.7 Å². The van der Waals surface area contributed by atoms with Crippen molar-refractivity contribution in [2.45, 2.75) is 0 Å². The van der Waals surface area contributed by atoms with Crippen LogP contribution >= 0.6 is 0 Å². The molecule has 0 unspecified atom stereocenters. The number of ether oxygens (including phenoxy) is 2. The van der Waals surface area contributed by atoms with Crippen LogP contribution in [0.1, 0.15) is 0 Å². The van der Waals surface area contributed by atoms with Crippen molar-refractivity contribution in [3.8, 4) is 17.2 Å². The molecule has 0 saturated heterocycles. The number of hydrogen-bond donors (Lipinski definition) is 1. The first kappa shape index (κ1) is 12.4. The molecule has 102 valence electrons. The fourth-order valence-corrected chi connectivity index (χ4v) is 2.24. The number of aromatic nitrogens is 1. The molecule has 0 radical (unpaired) electrons. The third-order valence-electron chi connectivity index (χ3n) is 3.29. The van der Waals surface area contributed by atoms with Gasteiger partial charge in [-0.3, -0.25) is 0 Å². The van der Waals surface area contributed by atoms with Gasteiger partial charge < -0.3 is 19.8 Å². The van der Waals surface area contributed by atoms with E-state index in [0.717, 1.165) is 11.1 Å². The standard InChI is InChI=1S/C16H16N2O2/c1-18-8-7-11-9-12(3-5-15(11)18)20-13-4-6-16(19-2)14(17)10-13/h3-10H,17H2,1-2H3. The van der Waals surface area contributed by atoms with Crippen LogP contribution in [0.15, 0.2) is 48.7 Å². The molecule has 3 rings (SSSR count). The minimum absolute atomic E-state index is 0.561. The highest BCUT2D eigenvalue weighted by molar-refractivity contribution is 5.81. The van der Waals surface area contributed by atoms with E-state index < -0.39 is 0 Å². The highest BCUT2D eigenvalue weighted by atomic mass is 16.5. The Hall–Kier alpha value is -2.62. The van der Waals surface area contributed by atoms with Gasteiger partial charge in [0.15, 0.2) is 0 Å². The molecule has 4 nitrogen and oxygen atoms in total. The van der Waals surface area contributed by atoms with Crippen LogP contribution in [-0.2, 0) is 7.05 Å². The summed E-state index contributed by atoms with van der Waals surface area (Å²) in [5.41, 5.74) is 7.60. The van der Waals surface area contributed by atoms with Gasteiger partial charge in [0.25, 0.3) is 0 Å². The summed E-state index contributed by atoms with van der Waals surface area (Å²) in [6.07, 6.45) is 2.03. The van der Waals surface area contributed by atoms with Crippen LogP contribution in [-0.4, -0.2) is 11.7 Å². The van der Waals surface area contributed by atoms with Gasteiger partial charge in [-0.1, -0.05) is 0 Å². The van der Waals surface area contributed by atoms with Crippen LogP contribution in [0.4, 0.5) is 5.69 Å². The van der Waals surface area contributed by atoms with Gasteiger partial charge in [0.1, 0.15) is 17.2 Å². The largest absolute Gasteiger partial charge is 0.495 e. The number of nitrogens with zero attached hydrogens (tertiary/aromatic N) is 1. The van der Waals surface area contributed by atoms with E-state index in [4.69, 9.17) is 15.2 Å². The summed E-state index contributed by atoms with van der Waals surface area (Å²) in [4.78, 5) is 0. The van der Waals surface area contributed by atoms with Gasteiger partial charge in [0.2, 0.25) is 0 Å². The van der Waals surface area contributed by atoms with E-state index in [2.05, 4.69) is 10.6 Å². The molecule has 0 spiro atoms. The zero-order valence-corrected chi connectivity index (χ0v) is 11.5. The maximum Gasteiger partial charge on any atom is 0.142 e. The van der Waals surface area contributed by atoms with Crippen molar-refractivity contribution in [1.82, 2.24) is 4.57 Å². The van der Waals surface area contributed by atoms with E-state index >= 15 is 0 Å². The van der Waals surface area contributed by atoms with Crippen LogP contribution in [0.3, 0.4) is 0 Å².